The number of hydrogen-bond acceptors (Lipinski definition) is 3. The Labute approximate surface area is 275 Å². The monoisotopic (exact) mass is 678 g/mol. The van der Waals surface area contributed by atoms with Gasteiger partial charge in [0, 0.05) is 37.5 Å². The van der Waals surface area contributed by atoms with Gasteiger partial charge in [-0.25, -0.2) is 35.1 Å². The topological polar surface area (TPSA) is 27.7 Å². The molecular formula is C36H35BF8O3. The average Bonchev–Trinajstić information content (AvgIpc) is 2.99. The molecule has 0 aliphatic carbocycles. The van der Waals surface area contributed by atoms with E-state index in [0.29, 0.717) is 49.9 Å². The quantitative estimate of drug-likeness (QED) is 0.0671. The summed E-state index contributed by atoms with van der Waals surface area (Å²) in [7, 11) is -1.73. The molecule has 0 heterocycles. The SMILES string of the molecule is CCCCOB(OCCCC)OC(c1cc(F)cc(F)c1)(c1cc(F)cc(F)c1)C(CC)(c1cc(F)cc(F)c1)c1cc(F)cc(F)c1. The Balaban J connectivity index is 2.29. The highest BCUT2D eigenvalue weighted by Gasteiger charge is 2.59. The molecule has 0 saturated carbocycles. The molecule has 0 N–H and O–H groups in total. The van der Waals surface area contributed by atoms with Crippen molar-refractivity contribution in [1.82, 2.24) is 0 Å². The van der Waals surface area contributed by atoms with E-state index in [-0.39, 0.29) is 30.8 Å². The van der Waals surface area contributed by atoms with E-state index >= 15 is 35.1 Å². The van der Waals surface area contributed by atoms with Gasteiger partial charge in [0.25, 0.3) is 0 Å². The van der Waals surface area contributed by atoms with E-state index in [1.807, 2.05) is 13.8 Å². The standard InChI is InChI=1S/C36H35BF8O3/c1-4-7-9-46-37(47-10-8-5-2)48-36(25-15-31(42)21-32(43)16-25,26-17-33(44)22-34(45)18-26)35(6-3,23-11-27(38)19-28(39)12-23)24-13-29(40)20-30(41)14-24/h11-22H,4-10H2,1-3H3. The summed E-state index contributed by atoms with van der Waals surface area (Å²) in [4.78, 5) is 0. The molecule has 0 saturated heterocycles. The normalized spacial score (nSPS) is 12.1. The summed E-state index contributed by atoms with van der Waals surface area (Å²) in [6.45, 7) is 5.28. The zero-order valence-electron chi connectivity index (χ0n) is 26.7. The molecule has 0 aromatic heterocycles. The molecule has 0 atom stereocenters. The van der Waals surface area contributed by atoms with Crippen molar-refractivity contribution in [1.29, 1.82) is 0 Å². The van der Waals surface area contributed by atoms with Gasteiger partial charge >= 0.3 is 7.32 Å². The zero-order chi connectivity index (χ0) is 35.1. The number of unbranched alkanes of at least 4 members (excludes halogenated alkanes) is 2. The summed E-state index contributed by atoms with van der Waals surface area (Å²) >= 11 is 0. The Morgan fingerprint density at radius 3 is 1.02 bits per heavy atom. The van der Waals surface area contributed by atoms with Gasteiger partial charge in [-0.1, -0.05) is 33.6 Å². The first-order chi connectivity index (χ1) is 22.9. The lowest BCUT2D eigenvalue weighted by atomic mass is 9.56. The van der Waals surface area contributed by atoms with E-state index in [2.05, 4.69) is 0 Å². The van der Waals surface area contributed by atoms with Crippen LogP contribution in [0.1, 0.15) is 75.1 Å². The fourth-order valence-electron chi connectivity index (χ4n) is 6.15. The predicted octanol–water partition coefficient (Wildman–Crippen LogP) is 10.1. The van der Waals surface area contributed by atoms with E-state index in [0.717, 1.165) is 48.5 Å². The Bertz CT molecular complexity index is 1510. The first kappa shape index (κ1) is 37.1. The molecule has 12 heteroatoms. The van der Waals surface area contributed by atoms with Crippen molar-refractivity contribution in [3.05, 3.63) is 142 Å². The molecule has 0 spiro atoms. The maximum atomic E-state index is 15.3. The number of rotatable bonds is 16. The van der Waals surface area contributed by atoms with Crippen LogP contribution >= 0.6 is 0 Å². The highest BCUT2D eigenvalue weighted by Crippen LogP contribution is 2.57. The van der Waals surface area contributed by atoms with Crippen LogP contribution in [-0.4, -0.2) is 20.5 Å². The minimum absolute atomic E-state index is 0.0285. The second-order valence-corrected chi connectivity index (χ2v) is 11.4. The Morgan fingerprint density at radius 1 is 0.458 bits per heavy atom. The van der Waals surface area contributed by atoms with Gasteiger partial charge in [-0.05, 0) is 90.0 Å². The molecule has 4 rings (SSSR count). The molecule has 3 nitrogen and oxygen atoms in total. The molecule has 0 amide bonds. The molecule has 0 radical (unpaired) electrons. The second kappa shape index (κ2) is 16.1. The third-order valence-corrected chi connectivity index (χ3v) is 8.16. The molecule has 0 bridgehead atoms. The van der Waals surface area contributed by atoms with Crippen molar-refractivity contribution in [2.75, 3.05) is 13.2 Å². The van der Waals surface area contributed by atoms with Crippen molar-refractivity contribution in [3.63, 3.8) is 0 Å². The van der Waals surface area contributed by atoms with Gasteiger partial charge in [-0.3, -0.25) is 0 Å². The molecule has 4 aromatic rings. The Hall–Kier alpha value is -3.74. The van der Waals surface area contributed by atoms with Crippen LogP contribution in [-0.2, 0) is 25.0 Å². The Kier molecular flexibility index (Phi) is 12.4. The van der Waals surface area contributed by atoms with E-state index < -0.39 is 76.0 Å². The first-order valence-corrected chi connectivity index (χ1v) is 15.7. The van der Waals surface area contributed by atoms with Crippen LogP contribution in [0.5, 0.6) is 0 Å². The van der Waals surface area contributed by atoms with Crippen LogP contribution in [0.4, 0.5) is 35.1 Å². The number of benzene rings is 4. The number of hydrogen-bond donors (Lipinski definition) is 0. The highest BCUT2D eigenvalue weighted by atomic mass is 19.2. The van der Waals surface area contributed by atoms with E-state index in [1.54, 1.807) is 0 Å². The van der Waals surface area contributed by atoms with Gasteiger partial charge in [-0.15, -0.1) is 0 Å². The molecule has 0 aliphatic rings. The second-order valence-electron chi connectivity index (χ2n) is 11.4. The Morgan fingerprint density at radius 2 is 0.750 bits per heavy atom. The molecule has 0 unspecified atom stereocenters. The first-order valence-electron chi connectivity index (χ1n) is 15.7. The summed E-state index contributed by atoms with van der Waals surface area (Å²) in [5.41, 5.74) is -6.60. The van der Waals surface area contributed by atoms with E-state index in [1.165, 1.54) is 6.92 Å². The lowest BCUT2D eigenvalue weighted by Gasteiger charge is -2.52. The maximum Gasteiger partial charge on any atom is 0.640 e. The lowest BCUT2D eigenvalue weighted by Crippen LogP contribution is -2.56. The van der Waals surface area contributed by atoms with Gasteiger partial charge in [0.2, 0.25) is 0 Å². The zero-order valence-corrected chi connectivity index (χ0v) is 26.7. The third-order valence-electron chi connectivity index (χ3n) is 8.16. The third kappa shape index (κ3) is 7.93. The largest absolute Gasteiger partial charge is 0.640 e. The van der Waals surface area contributed by atoms with Crippen molar-refractivity contribution < 1.29 is 49.1 Å². The van der Waals surface area contributed by atoms with Crippen LogP contribution in [0.15, 0.2) is 72.8 Å². The van der Waals surface area contributed by atoms with Gasteiger partial charge in [0.1, 0.15) is 52.1 Å². The highest BCUT2D eigenvalue weighted by molar-refractivity contribution is 6.36. The van der Waals surface area contributed by atoms with Gasteiger partial charge in [0.15, 0.2) is 0 Å². The van der Waals surface area contributed by atoms with Crippen molar-refractivity contribution >= 4 is 7.32 Å². The van der Waals surface area contributed by atoms with Crippen molar-refractivity contribution in [2.45, 2.75) is 63.9 Å². The minimum atomic E-state index is -2.67. The van der Waals surface area contributed by atoms with E-state index in [4.69, 9.17) is 14.0 Å². The van der Waals surface area contributed by atoms with Crippen LogP contribution in [0.2, 0.25) is 0 Å². The summed E-state index contributed by atoms with van der Waals surface area (Å²) in [6.07, 6.45) is 1.94. The van der Waals surface area contributed by atoms with E-state index in [9.17, 15) is 0 Å². The smallest absolute Gasteiger partial charge is 0.386 e. The predicted molar refractivity (Wildman–Crippen MR) is 166 cm³/mol. The van der Waals surface area contributed by atoms with Crippen LogP contribution < -0.4 is 0 Å². The van der Waals surface area contributed by atoms with Gasteiger partial charge in [-0.2, -0.15) is 0 Å². The molecule has 4 aromatic carbocycles. The lowest BCUT2D eigenvalue weighted by molar-refractivity contribution is -0.0323. The molecule has 48 heavy (non-hydrogen) atoms. The molecule has 0 aliphatic heterocycles. The van der Waals surface area contributed by atoms with Crippen molar-refractivity contribution in [2.24, 2.45) is 0 Å². The fraction of sp³-hybridized carbons (Fsp3) is 0.333. The van der Waals surface area contributed by atoms with Crippen LogP contribution in [0.25, 0.3) is 0 Å². The summed E-state index contributed by atoms with van der Waals surface area (Å²) < 4.78 is 140. The van der Waals surface area contributed by atoms with Crippen molar-refractivity contribution in [3.8, 4) is 0 Å². The maximum absolute atomic E-state index is 15.3. The minimum Gasteiger partial charge on any atom is -0.386 e. The average molecular weight is 678 g/mol. The summed E-state index contributed by atoms with van der Waals surface area (Å²) in [5.74, 6) is -9.15. The molecular weight excluding hydrogens is 643 g/mol. The summed E-state index contributed by atoms with van der Waals surface area (Å²) in [6, 6.07) is 8.77. The number of halogens is 8. The molecule has 256 valence electrons. The molecule has 0 fully saturated rings. The van der Waals surface area contributed by atoms with Gasteiger partial charge in [0.05, 0.1) is 5.41 Å². The fourth-order valence-corrected chi connectivity index (χ4v) is 6.15. The van der Waals surface area contributed by atoms with Gasteiger partial charge < -0.3 is 14.0 Å². The summed E-state index contributed by atoms with van der Waals surface area (Å²) in [5, 5.41) is 0. The van der Waals surface area contributed by atoms with Crippen LogP contribution in [0, 0.1) is 46.5 Å². The van der Waals surface area contributed by atoms with Crippen LogP contribution in [0.3, 0.4) is 0 Å².